The number of hydrogen-bond donors (Lipinski definition) is 1. The summed E-state index contributed by atoms with van der Waals surface area (Å²) >= 11 is 0. The van der Waals surface area contributed by atoms with Crippen LogP contribution in [0.25, 0.3) is 5.57 Å². The van der Waals surface area contributed by atoms with Crippen LogP contribution in [0.15, 0.2) is 54.8 Å². The van der Waals surface area contributed by atoms with Gasteiger partial charge in [-0.05, 0) is 29.3 Å². The number of carbonyl (C=O) groups is 2. The first-order valence-corrected chi connectivity index (χ1v) is 8.27. The molecule has 0 aromatic heterocycles. The summed E-state index contributed by atoms with van der Waals surface area (Å²) in [4.78, 5) is 24.0. The molecule has 2 aromatic rings. The lowest BCUT2D eigenvalue weighted by molar-refractivity contribution is -0.137. The summed E-state index contributed by atoms with van der Waals surface area (Å²) in [6.45, 7) is -0.237. The quantitative estimate of drug-likeness (QED) is 0.428. The van der Waals surface area contributed by atoms with Gasteiger partial charge < -0.3 is 14.2 Å². The van der Waals surface area contributed by atoms with Crippen molar-refractivity contribution in [1.82, 2.24) is 0 Å². The average molecular weight is 409 g/mol. The first kappa shape index (κ1) is 21.8. The molecule has 0 radical (unpaired) electrons. The molecule has 1 amide bonds. The van der Waals surface area contributed by atoms with Crippen LogP contribution in [0.3, 0.4) is 0 Å². The number of carbonyl (C=O) groups excluding carboxylic acids is 2. The fraction of sp³-hybridized carbons (Fsp3) is 0.200. The van der Waals surface area contributed by atoms with E-state index >= 15 is 0 Å². The zero-order chi connectivity index (χ0) is 21.4. The van der Waals surface area contributed by atoms with Crippen molar-refractivity contribution < 1.29 is 37.0 Å². The average Bonchev–Trinajstić information content (AvgIpc) is 2.70. The topological polar surface area (TPSA) is 73.9 Å². The molecule has 154 valence electrons. The van der Waals surface area contributed by atoms with E-state index in [1.54, 1.807) is 24.3 Å². The highest BCUT2D eigenvalue weighted by atomic mass is 19.4. The summed E-state index contributed by atoms with van der Waals surface area (Å²) in [6, 6.07) is 10.8. The molecule has 0 bridgehead atoms. The molecule has 0 aliphatic rings. The van der Waals surface area contributed by atoms with Crippen molar-refractivity contribution in [3.8, 4) is 0 Å². The van der Waals surface area contributed by atoms with Gasteiger partial charge in [0.25, 0.3) is 0 Å². The fourth-order valence-corrected chi connectivity index (χ4v) is 2.43. The van der Waals surface area contributed by atoms with Crippen molar-refractivity contribution in [3.05, 3.63) is 71.5 Å². The Kier molecular flexibility index (Phi) is 7.24. The van der Waals surface area contributed by atoms with Crippen molar-refractivity contribution in [1.29, 1.82) is 0 Å². The number of nitrogens with one attached hydrogen (secondary N) is 1. The fourth-order valence-electron chi connectivity index (χ4n) is 2.43. The van der Waals surface area contributed by atoms with Crippen LogP contribution in [0, 0.1) is 0 Å². The third-order valence-electron chi connectivity index (χ3n) is 3.74. The van der Waals surface area contributed by atoms with Gasteiger partial charge in [0.05, 0.1) is 26.0 Å². The van der Waals surface area contributed by atoms with Gasteiger partial charge in [-0.25, -0.2) is 9.59 Å². The standard InChI is InChI=1S/C20H18F3NO5/c1-27-12-17(18(25)28-2)16-9-4-3-6-13(16)11-29-19(26)24-15-8-5-7-14(10-15)20(21,22)23/h3-10,12H,11H2,1-2H3,(H,24,26)/b17-12+. The first-order valence-electron chi connectivity index (χ1n) is 8.27. The Morgan fingerprint density at radius 1 is 1.07 bits per heavy atom. The van der Waals surface area contributed by atoms with Gasteiger partial charge in [0.2, 0.25) is 0 Å². The Labute approximate surface area is 164 Å². The zero-order valence-electron chi connectivity index (χ0n) is 15.6. The van der Waals surface area contributed by atoms with Crippen molar-refractivity contribution in [2.24, 2.45) is 0 Å². The summed E-state index contributed by atoms with van der Waals surface area (Å²) < 4.78 is 53.0. The minimum Gasteiger partial charge on any atom is -0.503 e. The molecule has 0 unspecified atom stereocenters. The number of amides is 1. The maximum Gasteiger partial charge on any atom is 0.416 e. The maximum atomic E-state index is 12.8. The van der Waals surface area contributed by atoms with Gasteiger partial charge in [-0.3, -0.25) is 5.32 Å². The molecule has 6 nitrogen and oxygen atoms in total. The molecule has 0 fully saturated rings. The smallest absolute Gasteiger partial charge is 0.416 e. The predicted octanol–water partition coefficient (Wildman–Crippen LogP) is 4.61. The van der Waals surface area contributed by atoms with E-state index in [0.29, 0.717) is 11.1 Å². The van der Waals surface area contributed by atoms with Crippen LogP contribution in [0.4, 0.5) is 23.7 Å². The van der Waals surface area contributed by atoms with Crippen LogP contribution in [0.1, 0.15) is 16.7 Å². The summed E-state index contributed by atoms with van der Waals surface area (Å²) in [5.41, 5.74) is 0.0571. The number of rotatable bonds is 6. The number of esters is 1. The van der Waals surface area contributed by atoms with Crippen molar-refractivity contribution >= 4 is 23.3 Å². The van der Waals surface area contributed by atoms with Crippen molar-refractivity contribution in [2.75, 3.05) is 19.5 Å². The van der Waals surface area contributed by atoms with E-state index in [1.165, 1.54) is 32.6 Å². The molecule has 2 rings (SSSR count). The van der Waals surface area contributed by atoms with E-state index in [9.17, 15) is 22.8 Å². The Morgan fingerprint density at radius 3 is 2.45 bits per heavy atom. The Bertz CT molecular complexity index is 909. The second-order valence-corrected chi connectivity index (χ2v) is 5.70. The highest BCUT2D eigenvalue weighted by molar-refractivity contribution is 6.16. The van der Waals surface area contributed by atoms with Crippen LogP contribution in [0.5, 0.6) is 0 Å². The van der Waals surface area contributed by atoms with Crippen LogP contribution >= 0.6 is 0 Å². The summed E-state index contributed by atoms with van der Waals surface area (Å²) in [5.74, 6) is -0.646. The lowest BCUT2D eigenvalue weighted by atomic mass is 10.0. The molecule has 0 aliphatic heterocycles. The first-order chi connectivity index (χ1) is 13.8. The third-order valence-corrected chi connectivity index (χ3v) is 3.74. The van der Waals surface area contributed by atoms with Gasteiger partial charge in [-0.15, -0.1) is 0 Å². The zero-order valence-corrected chi connectivity index (χ0v) is 15.6. The molecule has 0 atom stereocenters. The maximum absolute atomic E-state index is 12.8. The molecule has 0 heterocycles. The van der Waals surface area contributed by atoms with E-state index < -0.39 is 23.8 Å². The SMILES string of the molecule is CO/C=C(/C(=O)OC)c1ccccc1COC(=O)Nc1cccc(C(F)(F)F)c1. The van der Waals surface area contributed by atoms with Gasteiger partial charge in [-0.2, -0.15) is 13.2 Å². The molecule has 0 saturated heterocycles. The van der Waals surface area contributed by atoms with Gasteiger partial charge in [0, 0.05) is 5.69 Å². The number of methoxy groups -OCH3 is 2. The van der Waals surface area contributed by atoms with E-state index in [2.05, 4.69) is 5.32 Å². The monoisotopic (exact) mass is 409 g/mol. The van der Waals surface area contributed by atoms with E-state index in [1.807, 2.05) is 0 Å². The molecule has 9 heteroatoms. The number of anilines is 1. The van der Waals surface area contributed by atoms with Gasteiger partial charge in [0.15, 0.2) is 0 Å². The Hall–Kier alpha value is -3.49. The molecule has 2 aromatic carbocycles. The number of benzene rings is 2. The number of alkyl halides is 3. The molecule has 0 aliphatic carbocycles. The van der Waals surface area contributed by atoms with Crippen LogP contribution in [-0.2, 0) is 31.8 Å². The molecule has 0 spiro atoms. The highest BCUT2D eigenvalue weighted by Crippen LogP contribution is 2.30. The molecule has 1 N–H and O–H groups in total. The molecule has 0 saturated carbocycles. The summed E-state index contributed by atoms with van der Waals surface area (Å²) in [5, 5.41) is 2.24. The second kappa shape index (κ2) is 9.63. The third kappa shape index (κ3) is 6.00. The second-order valence-electron chi connectivity index (χ2n) is 5.70. The van der Waals surface area contributed by atoms with Crippen molar-refractivity contribution in [2.45, 2.75) is 12.8 Å². The van der Waals surface area contributed by atoms with Crippen LogP contribution in [0.2, 0.25) is 0 Å². The summed E-state index contributed by atoms with van der Waals surface area (Å²) in [7, 11) is 2.58. The minimum atomic E-state index is -4.53. The van der Waals surface area contributed by atoms with E-state index in [0.717, 1.165) is 12.1 Å². The summed E-state index contributed by atoms with van der Waals surface area (Å²) in [6.07, 6.45) is -4.28. The van der Waals surface area contributed by atoms with Crippen molar-refractivity contribution in [3.63, 3.8) is 0 Å². The largest absolute Gasteiger partial charge is 0.503 e. The lowest BCUT2D eigenvalue weighted by Crippen LogP contribution is -2.15. The predicted molar refractivity (Wildman–Crippen MR) is 98.7 cm³/mol. The van der Waals surface area contributed by atoms with E-state index in [-0.39, 0.29) is 17.9 Å². The number of halogens is 3. The lowest BCUT2D eigenvalue weighted by Gasteiger charge is -2.13. The number of hydrogen-bond acceptors (Lipinski definition) is 5. The van der Waals surface area contributed by atoms with Gasteiger partial charge in [0.1, 0.15) is 12.2 Å². The molecular formula is C20H18F3NO5. The minimum absolute atomic E-state index is 0.0624. The number of ether oxygens (including phenoxy) is 3. The Balaban J connectivity index is 2.12. The van der Waals surface area contributed by atoms with Gasteiger partial charge >= 0.3 is 18.2 Å². The highest BCUT2D eigenvalue weighted by Gasteiger charge is 2.30. The van der Waals surface area contributed by atoms with Crippen LogP contribution < -0.4 is 5.32 Å². The normalized spacial score (nSPS) is 11.6. The van der Waals surface area contributed by atoms with Gasteiger partial charge in [-0.1, -0.05) is 30.3 Å². The Morgan fingerprint density at radius 2 is 1.79 bits per heavy atom. The van der Waals surface area contributed by atoms with E-state index in [4.69, 9.17) is 14.2 Å². The molecule has 29 heavy (non-hydrogen) atoms. The molecular weight excluding hydrogens is 391 g/mol. The van der Waals surface area contributed by atoms with Crippen LogP contribution in [-0.4, -0.2) is 26.3 Å².